The monoisotopic (exact) mass is 457 g/mol. The molecule has 1 aliphatic rings. The number of thiophene rings is 1. The van der Waals surface area contributed by atoms with Crippen molar-refractivity contribution in [3.63, 3.8) is 0 Å². The van der Waals surface area contributed by atoms with E-state index in [1.165, 1.54) is 22.4 Å². The van der Waals surface area contributed by atoms with Crippen LogP contribution in [0.25, 0.3) is 0 Å². The summed E-state index contributed by atoms with van der Waals surface area (Å²) in [6, 6.07) is 0. The lowest BCUT2D eigenvalue weighted by molar-refractivity contribution is 0.0962. The first-order valence-corrected chi connectivity index (χ1v) is 12.3. The van der Waals surface area contributed by atoms with Gasteiger partial charge in [-0.3, -0.25) is 10.2 Å². The fraction of sp³-hybridized carbons (Fsp3) is 0.481. The number of carbonyl (C=O) groups excluding carboxylic acids is 1. The van der Waals surface area contributed by atoms with Crippen LogP contribution in [0.5, 0.6) is 0 Å². The molecular weight excluding hydrogens is 414 g/mol. The standard InChI is InChI=1S/C14H19N3OS.C10H16.C3H8/c1-4-9(2)13(15)17-6-5-10-11(14(18)16-3)8-19-12(10)7-17;1-5-6-7-8-10(4)9(2)3;1-3-2/h4,8,15H,5-7H2,1-3H3,(H,16,18);5-8H,1-4H3;3H2,1-2H3/b9-4+,15-13?;6-5-,8-7-;. The van der Waals surface area contributed by atoms with Gasteiger partial charge in [-0.1, -0.05) is 61.8 Å². The highest BCUT2D eigenvalue weighted by Gasteiger charge is 2.24. The van der Waals surface area contributed by atoms with Crippen molar-refractivity contribution in [2.24, 2.45) is 0 Å². The Morgan fingerprint density at radius 1 is 1.19 bits per heavy atom. The van der Waals surface area contributed by atoms with Gasteiger partial charge in [0.2, 0.25) is 0 Å². The maximum absolute atomic E-state index is 11.7. The zero-order valence-electron chi connectivity index (χ0n) is 21.6. The molecule has 32 heavy (non-hydrogen) atoms. The quantitative estimate of drug-likeness (QED) is 0.283. The van der Waals surface area contributed by atoms with Gasteiger partial charge in [0.05, 0.1) is 12.1 Å². The summed E-state index contributed by atoms with van der Waals surface area (Å²) in [5.41, 5.74) is 5.67. The number of hydrogen-bond acceptors (Lipinski definition) is 3. The van der Waals surface area contributed by atoms with Crippen molar-refractivity contribution in [2.75, 3.05) is 13.6 Å². The van der Waals surface area contributed by atoms with E-state index in [-0.39, 0.29) is 5.91 Å². The lowest BCUT2D eigenvalue weighted by atomic mass is 10.0. The molecule has 0 aliphatic carbocycles. The van der Waals surface area contributed by atoms with Gasteiger partial charge < -0.3 is 10.2 Å². The molecule has 4 nitrogen and oxygen atoms in total. The van der Waals surface area contributed by atoms with Crippen LogP contribution in [0, 0.1) is 5.41 Å². The Morgan fingerprint density at radius 3 is 2.31 bits per heavy atom. The predicted molar refractivity (Wildman–Crippen MR) is 143 cm³/mol. The fourth-order valence-corrected chi connectivity index (χ4v) is 3.80. The van der Waals surface area contributed by atoms with Gasteiger partial charge in [0.25, 0.3) is 5.91 Å². The first kappa shape index (κ1) is 29.6. The Hall–Kier alpha value is -2.40. The zero-order valence-corrected chi connectivity index (χ0v) is 22.4. The molecule has 5 heteroatoms. The van der Waals surface area contributed by atoms with Crippen LogP contribution in [0.4, 0.5) is 0 Å². The van der Waals surface area contributed by atoms with Gasteiger partial charge in [-0.2, -0.15) is 0 Å². The molecule has 178 valence electrons. The van der Waals surface area contributed by atoms with E-state index >= 15 is 0 Å². The maximum Gasteiger partial charge on any atom is 0.252 e. The number of nitrogens with zero attached hydrogens (tertiary/aromatic N) is 1. The second-order valence-electron chi connectivity index (χ2n) is 7.90. The molecule has 2 rings (SSSR count). The maximum atomic E-state index is 11.7. The normalized spacial score (nSPS) is 13.0. The Balaban J connectivity index is 0.000000625. The highest BCUT2D eigenvalue weighted by atomic mass is 32.1. The lowest BCUT2D eigenvalue weighted by Gasteiger charge is -2.29. The Morgan fingerprint density at radius 2 is 1.81 bits per heavy atom. The van der Waals surface area contributed by atoms with Crippen LogP contribution >= 0.6 is 11.3 Å². The Bertz CT molecular complexity index is 852. The van der Waals surface area contributed by atoms with Crippen LogP contribution in [-0.2, 0) is 13.0 Å². The van der Waals surface area contributed by atoms with Crippen LogP contribution in [0.2, 0.25) is 0 Å². The molecule has 1 aromatic heterocycles. The predicted octanol–water partition coefficient (Wildman–Crippen LogP) is 7.30. The minimum Gasteiger partial charge on any atom is -0.355 e. The molecule has 1 aromatic rings. The average Bonchev–Trinajstić information content (AvgIpc) is 3.21. The number of amides is 1. The van der Waals surface area contributed by atoms with E-state index in [2.05, 4.69) is 57.0 Å². The molecule has 0 aromatic carbocycles. The second-order valence-corrected chi connectivity index (χ2v) is 8.86. The number of carbonyl (C=O) groups is 1. The molecule has 1 aliphatic heterocycles. The molecular formula is C27H43N3OS. The van der Waals surface area contributed by atoms with Crippen LogP contribution in [0.15, 0.2) is 52.5 Å². The average molecular weight is 458 g/mol. The van der Waals surface area contributed by atoms with E-state index < -0.39 is 0 Å². The van der Waals surface area contributed by atoms with Crippen molar-refractivity contribution in [3.8, 4) is 0 Å². The summed E-state index contributed by atoms with van der Waals surface area (Å²) in [5.74, 6) is 0.578. The van der Waals surface area contributed by atoms with Crippen molar-refractivity contribution in [1.82, 2.24) is 10.2 Å². The van der Waals surface area contributed by atoms with E-state index in [1.807, 2.05) is 44.4 Å². The van der Waals surface area contributed by atoms with E-state index in [0.29, 0.717) is 5.84 Å². The van der Waals surface area contributed by atoms with Gasteiger partial charge in [-0.25, -0.2) is 0 Å². The summed E-state index contributed by atoms with van der Waals surface area (Å²) in [6.07, 6.45) is 12.3. The number of fused-ring (bicyclic) bond motifs is 1. The van der Waals surface area contributed by atoms with E-state index in [1.54, 1.807) is 18.4 Å². The van der Waals surface area contributed by atoms with Gasteiger partial charge in [0.15, 0.2) is 0 Å². The SMILES string of the molecule is C/C=C(\C)C(=N)N1CCc2c(C(=O)NC)csc2C1.C/C=C\C=C/C(C)=C(C)C.CCC. The minimum atomic E-state index is -0.00865. The van der Waals surface area contributed by atoms with Gasteiger partial charge in [0.1, 0.15) is 5.84 Å². The fourth-order valence-electron chi connectivity index (χ4n) is 2.71. The lowest BCUT2D eigenvalue weighted by Crippen LogP contribution is -2.36. The molecule has 0 saturated carbocycles. The number of nitrogens with one attached hydrogen (secondary N) is 2. The Kier molecular flexibility index (Phi) is 15.0. The summed E-state index contributed by atoms with van der Waals surface area (Å²) in [7, 11) is 1.66. The summed E-state index contributed by atoms with van der Waals surface area (Å²) in [5, 5.41) is 12.8. The van der Waals surface area contributed by atoms with Crippen molar-refractivity contribution in [3.05, 3.63) is 68.5 Å². The molecule has 1 amide bonds. The third kappa shape index (κ3) is 9.82. The second kappa shape index (κ2) is 16.3. The van der Waals surface area contributed by atoms with Crippen molar-refractivity contribution in [1.29, 1.82) is 5.41 Å². The third-order valence-corrected chi connectivity index (χ3v) is 5.99. The van der Waals surface area contributed by atoms with Crippen LogP contribution in [0.1, 0.15) is 82.6 Å². The molecule has 0 fully saturated rings. The largest absolute Gasteiger partial charge is 0.355 e. The number of allylic oxidation sites excluding steroid dienone is 7. The molecule has 0 saturated heterocycles. The molecule has 0 atom stereocenters. The van der Waals surface area contributed by atoms with Gasteiger partial charge in [-0.05, 0) is 59.1 Å². The van der Waals surface area contributed by atoms with Gasteiger partial charge in [0, 0.05) is 23.8 Å². The molecule has 0 unspecified atom stereocenters. The first-order chi connectivity index (χ1) is 15.2. The summed E-state index contributed by atoms with van der Waals surface area (Å²) < 4.78 is 0. The molecule has 2 heterocycles. The molecule has 0 bridgehead atoms. The summed E-state index contributed by atoms with van der Waals surface area (Å²) in [6.45, 7) is 18.1. The number of rotatable bonds is 4. The number of hydrogen-bond donors (Lipinski definition) is 2. The third-order valence-electron chi connectivity index (χ3n) is 4.98. The Labute approximate surface area is 200 Å². The summed E-state index contributed by atoms with van der Waals surface area (Å²) in [4.78, 5) is 15.0. The van der Waals surface area contributed by atoms with E-state index in [4.69, 9.17) is 5.41 Å². The van der Waals surface area contributed by atoms with Crippen molar-refractivity contribution in [2.45, 2.75) is 74.8 Å². The van der Waals surface area contributed by atoms with E-state index in [0.717, 1.165) is 36.2 Å². The van der Waals surface area contributed by atoms with Crippen LogP contribution in [0.3, 0.4) is 0 Å². The zero-order chi connectivity index (χ0) is 24.7. The molecule has 2 N–H and O–H groups in total. The van der Waals surface area contributed by atoms with Gasteiger partial charge in [-0.15, -0.1) is 11.3 Å². The van der Waals surface area contributed by atoms with Crippen LogP contribution in [-0.4, -0.2) is 30.2 Å². The first-order valence-electron chi connectivity index (χ1n) is 11.4. The van der Waals surface area contributed by atoms with E-state index in [9.17, 15) is 4.79 Å². The molecule has 0 spiro atoms. The topological polar surface area (TPSA) is 56.2 Å². The van der Waals surface area contributed by atoms with Gasteiger partial charge >= 0.3 is 0 Å². The molecule has 0 radical (unpaired) electrons. The summed E-state index contributed by atoms with van der Waals surface area (Å²) >= 11 is 1.62. The van der Waals surface area contributed by atoms with Crippen LogP contribution < -0.4 is 5.32 Å². The minimum absolute atomic E-state index is 0.00865. The van der Waals surface area contributed by atoms with Crippen molar-refractivity contribution < 1.29 is 4.79 Å². The smallest absolute Gasteiger partial charge is 0.252 e. The highest BCUT2D eigenvalue weighted by molar-refractivity contribution is 7.10. The highest BCUT2D eigenvalue weighted by Crippen LogP contribution is 2.29. The number of amidine groups is 1. The van der Waals surface area contributed by atoms with Crippen molar-refractivity contribution >= 4 is 23.1 Å².